The van der Waals surface area contributed by atoms with Crippen molar-refractivity contribution in [1.82, 2.24) is 0 Å². The van der Waals surface area contributed by atoms with Gasteiger partial charge in [0, 0.05) is 6.07 Å². The molecule has 2 heteroatoms. The smallest absolute Gasteiger partial charge is 0.119 e. The van der Waals surface area contributed by atoms with Gasteiger partial charge in [0.25, 0.3) is 0 Å². The molecule has 2 N–H and O–H groups in total. The molecular formula is C15H14O2. The maximum atomic E-state index is 9.39. The summed E-state index contributed by atoms with van der Waals surface area (Å²) in [7, 11) is 0. The van der Waals surface area contributed by atoms with Crippen molar-refractivity contribution in [3.8, 4) is 11.5 Å². The van der Waals surface area contributed by atoms with E-state index in [-0.39, 0.29) is 11.5 Å². The Balaban J connectivity index is 2.36. The van der Waals surface area contributed by atoms with Gasteiger partial charge in [-0.25, -0.2) is 0 Å². The normalized spacial score (nSPS) is 11.5. The van der Waals surface area contributed by atoms with Crippen molar-refractivity contribution in [2.75, 3.05) is 0 Å². The molecule has 0 radical (unpaired) electrons. The molecule has 0 unspecified atom stereocenters. The van der Waals surface area contributed by atoms with Crippen molar-refractivity contribution >= 4 is 11.6 Å². The molecule has 0 atom stereocenters. The molecule has 0 aliphatic rings. The van der Waals surface area contributed by atoms with E-state index in [2.05, 4.69) is 0 Å². The van der Waals surface area contributed by atoms with Crippen LogP contribution < -0.4 is 0 Å². The molecule has 0 saturated heterocycles. The highest BCUT2D eigenvalue weighted by Gasteiger charge is 1.99. The lowest BCUT2D eigenvalue weighted by atomic mass is 10.0. The van der Waals surface area contributed by atoms with Crippen LogP contribution >= 0.6 is 0 Å². The second kappa shape index (κ2) is 4.74. The van der Waals surface area contributed by atoms with Crippen LogP contribution in [0.2, 0.25) is 0 Å². The molecule has 0 fully saturated rings. The first-order valence-corrected chi connectivity index (χ1v) is 5.42. The summed E-state index contributed by atoms with van der Waals surface area (Å²) in [5.74, 6) is 0.134. The largest absolute Gasteiger partial charge is 0.508 e. The molecule has 0 bridgehead atoms. The number of phenolic OH excluding ortho intramolecular Hbond substituents is 2. The number of hydrogen-bond acceptors (Lipinski definition) is 2. The van der Waals surface area contributed by atoms with E-state index < -0.39 is 0 Å². The molecule has 2 rings (SSSR count). The number of phenols is 2. The molecule has 0 spiro atoms. The second-order valence-corrected chi connectivity index (χ2v) is 3.98. The molecule has 17 heavy (non-hydrogen) atoms. The van der Waals surface area contributed by atoms with Crippen molar-refractivity contribution in [2.45, 2.75) is 6.92 Å². The van der Waals surface area contributed by atoms with Crippen LogP contribution in [0.15, 0.2) is 48.5 Å². The Labute approximate surface area is 100 Å². The summed E-state index contributed by atoms with van der Waals surface area (Å²) in [6, 6.07) is 14.5. The van der Waals surface area contributed by atoms with Crippen LogP contribution in [-0.2, 0) is 0 Å². The fraction of sp³-hybridized carbons (Fsp3) is 0.0667. The summed E-state index contributed by atoms with van der Waals surface area (Å²) in [4.78, 5) is 0. The minimum atomic E-state index is 0.0668. The van der Waals surface area contributed by atoms with E-state index in [1.807, 2.05) is 43.3 Å². The standard InChI is InChI=1S/C15H14O2/c1-11(13-5-3-2-4-6-13)7-12-8-14(16)10-15(17)9-12/h2-10,16-17H,1H3. The SMILES string of the molecule is CC(=Cc1cc(O)cc(O)c1)c1ccccc1. The summed E-state index contributed by atoms with van der Waals surface area (Å²) in [6.07, 6.45) is 1.93. The van der Waals surface area contributed by atoms with Crippen LogP contribution in [0.1, 0.15) is 18.1 Å². The van der Waals surface area contributed by atoms with Crippen LogP contribution in [-0.4, -0.2) is 10.2 Å². The predicted octanol–water partition coefficient (Wildman–Crippen LogP) is 3.66. The van der Waals surface area contributed by atoms with Crippen molar-refractivity contribution in [1.29, 1.82) is 0 Å². The molecule has 0 aromatic heterocycles. The highest BCUT2D eigenvalue weighted by atomic mass is 16.3. The summed E-state index contributed by atoms with van der Waals surface area (Å²) < 4.78 is 0. The molecule has 2 nitrogen and oxygen atoms in total. The third-order valence-corrected chi connectivity index (χ3v) is 2.54. The first-order chi connectivity index (χ1) is 8.15. The van der Waals surface area contributed by atoms with Gasteiger partial charge in [0.15, 0.2) is 0 Å². The van der Waals surface area contributed by atoms with Gasteiger partial charge >= 0.3 is 0 Å². The van der Waals surface area contributed by atoms with Gasteiger partial charge in [0.1, 0.15) is 11.5 Å². The summed E-state index contributed by atoms with van der Waals surface area (Å²) >= 11 is 0. The molecule has 2 aromatic carbocycles. The Kier molecular flexibility index (Phi) is 3.15. The van der Waals surface area contributed by atoms with E-state index in [4.69, 9.17) is 0 Å². The average molecular weight is 226 g/mol. The van der Waals surface area contributed by atoms with Gasteiger partial charge in [-0.1, -0.05) is 36.4 Å². The lowest BCUT2D eigenvalue weighted by molar-refractivity contribution is 0.450. The molecular weight excluding hydrogens is 212 g/mol. The van der Waals surface area contributed by atoms with Crippen LogP contribution in [0.3, 0.4) is 0 Å². The van der Waals surface area contributed by atoms with Gasteiger partial charge < -0.3 is 10.2 Å². The summed E-state index contributed by atoms with van der Waals surface area (Å²) in [5, 5.41) is 18.8. The third kappa shape index (κ3) is 2.88. The second-order valence-electron chi connectivity index (χ2n) is 3.98. The predicted molar refractivity (Wildman–Crippen MR) is 69.8 cm³/mol. The Morgan fingerprint density at radius 1 is 0.941 bits per heavy atom. The molecule has 0 amide bonds. The van der Waals surface area contributed by atoms with E-state index in [1.165, 1.54) is 6.07 Å². The van der Waals surface area contributed by atoms with E-state index >= 15 is 0 Å². The van der Waals surface area contributed by atoms with Gasteiger partial charge in [0.05, 0.1) is 0 Å². The van der Waals surface area contributed by atoms with E-state index in [9.17, 15) is 10.2 Å². The van der Waals surface area contributed by atoms with Crippen molar-refractivity contribution in [3.63, 3.8) is 0 Å². The summed E-state index contributed by atoms with van der Waals surface area (Å²) in [5.41, 5.74) is 2.98. The van der Waals surface area contributed by atoms with Crippen molar-refractivity contribution in [2.24, 2.45) is 0 Å². The zero-order valence-corrected chi connectivity index (χ0v) is 9.59. The molecule has 0 saturated carbocycles. The molecule has 86 valence electrons. The van der Waals surface area contributed by atoms with Crippen LogP contribution in [0.25, 0.3) is 11.6 Å². The number of rotatable bonds is 2. The summed E-state index contributed by atoms with van der Waals surface area (Å²) in [6.45, 7) is 2.00. The number of hydrogen-bond donors (Lipinski definition) is 2. The highest BCUT2D eigenvalue weighted by Crippen LogP contribution is 2.24. The first-order valence-electron chi connectivity index (χ1n) is 5.42. The van der Waals surface area contributed by atoms with Gasteiger partial charge in [0.2, 0.25) is 0 Å². The highest BCUT2D eigenvalue weighted by molar-refractivity contribution is 5.80. The van der Waals surface area contributed by atoms with Crippen LogP contribution in [0, 0.1) is 0 Å². The van der Waals surface area contributed by atoms with Gasteiger partial charge in [-0.05, 0) is 35.8 Å². The molecule has 2 aromatic rings. The van der Waals surface area contributed by atoms with Crippen LogP contribution in [0.5, 0.6) is 11.5 Å². The fourth-order valence-corrected chi connectivity index (χ4v) is 1.74. The lowest BCUT2D eigenvalue weighted by Crippen LogP contribution is -1.79. The Morgan fingerprint density at radius 2 is 1.53 bits per heavy atom. The van der Waals surface area contributed by atoms with Gasteiger partial charge in [-0.3, -0.25) is 0 Å². The zero-order chi connectivity index (χ0) is 12.3. The van der Waals surface area contributed by atoms with Crippen molar-refractivity contribution in [3.05, 3.63) is 59.7 Å². The Morgan fingerprint density at radius 3 is 2.12 bits per heavy atom. The van der Waals surface area contributed by atoms with Crippen molar-refractivity contribution < 1.29 is 10.2 Å². The molecule has 0 aliphatic heterocycles. The van der Waals surface area contributed by atoms with Gasteiger partial charge in [-0.2, -0.15) is 0 Å². The van der Waals surface area contributed by atoms with E-state index in [1.54, 1.807) is 12.1 Å². The monoisotopic (exact) mass is 226 g/mol. The van der Waals surface area contributed by atoms with E-state index in [0.29, 0.717) is 0 Å². The lowest BCUT2D eigenvalue weighted by Gasteiger charge is -2.03. The minimum Gasteiger partial charge on any atom is -0.508 e. The first kappa shape index (κ1) is 11.3. The maximum Gasteiger partial charge on any atom is 0.119 e. The number of benzene rings is 2. The number of aromatic hydroxyl groups is 2. The number of allylic oxidation sites excluding steroid dienone is 1. The van der Waals surface area contributed by atoms with E-state index in [0.717, 1.165) is 16.7 Å². The fourth-order valence-electron chi connectivity index (χ4n) is 1.74. The third-order valence-electron chi connectivity index (χ3n) is 2.54. The maximum absolute atomic E-state index is 9.39. The minimum absolute atomic E-state index is 0.0668. The average Bonchev–Trinajstić information content (AvgIpc) is 2.28. The Bertz CT molecular complexity index is 522. The Hall–Kier alpha value is -2.22. The zero-order valence-electron chi connectivity index (χ0n) is 9.59. The van der Waals surface area contributed by atoms with Crippen LogP contribution in [0.4, 0.5) is 0 Å². The molecule has 0 aliphatic carbocycles. The topological polar surface area (TPSA) is 40.5 Å². The van der Waals surface area contributed by atoms with Gasteiger partial charge in [-0.15, -0.1) is 0 Å². The molecule has 0 heterocycles. The quantitative estimate of drug-likeness (QED) is 0.767.